The molecule has 2 N–H and O–H groups in total. The lowest BCUT2D eigenvalue weighted by atomic mass is 9.87. The van der Waals surface area contributed by atoms with Crippen LogP contribution in [-0.4, -0.2) is 40.9 Å². The van der Waals surface area contributed by atoms with Crippen LogP contribution in [0.4, 0.5) is 4.79 Å². The molecule has 1 aliphatic heterocycles. The van der Waals surface area contributed by atoms with Crippen LogP contribution in [0.3, 0.4) is 0 Å². The molecule has 0 aromatic heterocycles. The van der Waals surface area contributed by atoms with Crippen LogP contribution >= 0.6 is 23.2 Å². The Kier molecular flexibility index (Phi) is 3.35. The van der Waals surface area contributed by atoms with Gasteiger partial charge in [0, 0.05) is 25.1 Å². The minimum atomic E-state index is -0.871. The van der Waals surface area contributed by atoms with Gasteiger partial charge in [-0.2, -0.15) is 0 Å². The third kappa shape index (κ3) is 1.90. The molecule has 1 saturated heterocycles. The van der Waals surface area contributed by atoms with Crippen LogP contribution in [0.25, 0.3) is 0 Å². The third-order valence-corrected chi connectivity index (χ3v) is 5.53. The van der Waals surface area contributed by atoms with Crippen LogP contribution in [0.1, 0.15) is 12.0 Å². The van der Waals surface area contributed by atoms with E-state index >= 15 is 0 Å². The quantitative estimate of drug-likeness (QED) is 0.901. The number of halogens is 2. The van der Waals surface area contributed by atoms with Gasteiger partial charge in [-0.3, -0.25) is 0 Å². The summed E-state index contributed by atoms with van der Waals surface area (Å²) >= 11 is 12.0. The molecule has 2 aliphatic rings. The van der Waals surface area contributed by atoms with E-state index in [4.69, 9.17) is 28.3 Å². The van der Waals surface area contributed by atoms with E-state index in [1.807, 2.05) is 12.1 Å². The first-order chi connectivity index (χ1) is 9.50. The fourth-order valence-electron chi connectivity index (χ4n) is 3.80. The fourth-order valence-corrected chi connectivity index (χ4v) is 4.10. The van der Waals surface area contributed by atoms with E-state index in [9.17, 15) is 9.90 Å². The van der Waals surface area contributed by atoms with Crippen LogP contribution in [0, 0.1) is 11.8 Å². The van der Waals surface area contributed by atoms with Gasteiger partial charge in [0.25, 0.3) is 0 Å². The van der Waals surface area contributed by atoms with Crippen molar-refractivity contribution in [2.45, 2.75) is 11.8 Å². The summed E-state index contributed by atoms with van der Waals surface area (Å²) < 4.78 is 0. The fraction of sp³-hybridized carbons (Fsp3) is 0.500. The van der Waals surface area contributed by atoms with Crippen molar-refractivity contribution in [3.63, 3.8) is 0 Å². The predicted octanol–water partition coefficient (Wildman–Crippen LogP) is 2.85. The highest BCUT2D eigenvalue weighted by atomic mass is 35.5. The van der Waals surface area contributed by atoms with Crippen molar-refractivity contribution in [3.8, 4) is 0 Å². The summed E-state index contributed by atoms with van der Waals surface area (Å²) in [5.41, 5.74) is 0.913. The average Bonchev–Trinajstić information content (AvgIpc) is 2.81. The average molecular weight is 316 g/mol. The van der Waals surface area contributed by atoms with Gasteiger partial charge in [0.2, 0.25) is 0 Å². The minimum absolute atomic E-state index is 0.0836. The van der Waals surface area contributed by atoms with E-state index in [1.165, 1.54) is 4.90 Å². The molecule has 1 aromatic carbocycles. The zero-order chi connectivity index (χ0) is 14.5. The summed E-state index contributed by atoms with van der Waals surface area (Å²) in [6, 6.07) is 5.55. The summed E-state index contributed by atoms with van der Waals surface area (Å²) in [7, 11) is 0. The van der Waals surface area contributed by atoms with Crippen molar-refractivity contribution in [1.82, 2.24) is 4.90 Å². The Labute approximate surface area is 126 Å². The topological polar surface area (TPSA) is 60.8 Å². The van der Waals surface area contributed by atoms with Gasteiger partial charge in [-0.15, -0.1) is 0 Å². The number of aliphatic hydroxyl groups is 1. The van der Waals surface area contributed by atoms with Crippen molar-refractivity contribution in [2.75, 3.05) is 19.7 Å². The van der Waals surface area contributed by atoms with Crippen LogP contribution in [0.2, 0.25) is 10.0 Å². The first-order valence-electron chi connectivity index (χ1n) is 6.55. The summed E-state index contributed by atoms with van der Waals surface area (Å²) in [6.45, 7) is 1.14. The van der Waals surface area contributed by atoms with Crippen LogP contribution in [0.15, 0.2) is 18.2 Å². The molecule has 4 nitrogen and oxygen atoms in total. The number of fused-ring (bicyclic) bond motifs is 1. The van der Waals surface area contributed by atoms with E-state index in [0.717, 1.165) is 5.56 Å². The number of rotatable bonds is 3. The van der Waals surface area contributed by atoms with Crippen molar-refractivity contribution in [2.24, 2.45) is 11.8 Å². The zero-order valence-corrected chi connectivity index (χ0v) is 12.2. The Morgan fingerprint density at radius 1 is 1.30 bits per heavy atom. The number of benzene rings is 1. The lowest BCUT2D eigenvalue weighted by molar-refractivity contribution is 0.144. The first-order valence-corrected chi connectivity index (χ1v) is 7.30. The Bertz CT molecular complexity index is 551. The van der Waals surface area contributed by atoms with Crippen molar-refractivity contribution < 1.29 is 15.0 Å². The van der Waals surface area contributed by atoms with Gasteiger partial charge in [-0.05, 0) is 36.0 Å². The molecule has 0 spiro atoms. The highest BCUT2D eigenvalue weighted by Crippen LogP contribution is 2.65. The van der Waals surface area contributed by atoms with E-state index < -0.39 is 6.09 Å². The summed E-state index contributed by atoms with van der Waals surface area (Å²) in [6.07, 6.45) is -0.238. The monoisotopic (exact) mass is 315 g/mol. The second kappa shape index (κ2) is 4.79. The molecule has 1 amide bonds. The van der Waals surface area contributed by atoms with Gasteiger partial charge in [0.1, 0.15) is 0 Å². The van der Waals surface area contributed by atoms with Gasteiger partial charge in [0.05, 0.1) is 10.0 Å². The number of carbonyl (C=O) groups is 1. The highest BCUT2D eigenvalue weighted by molar-refractivity contribution is 6.42. The van der Waals surface area contributed by atoms with Crippen molar-refractivity contribution in [3.05, 3.63) is 33.8 Å². The number of aliphatic hydroxyl groups excluding tert-OH is 1. The molecular formula is C14H15Cl2NO3. The number of amides is 1. The van der Waals surface area contributed by atoms with Gasteiger partial charge in [-0.25, -0.2) is 4.79 Å². The standard InChI is InChI=1S/C14H15Cl2NO3/c15-11-2-1-8(5-12(11)16)14(3-4-18)9-6-17(13(19)20)7-10(9)14/h1-2,5,9-10,18H,3-4,6-7H2,(H,19,20)/t9-,10+,14?. The second-order valence-electron chi connectivity index (χ2n) is 5.54. The lowest BCUT2D eigenvalue weighted by Crippen LogP contribution is -2.34. The summed E-state index contributed by atoms with van der Waals surface area (Å²) in [5, 5.41) is 19.4. The van der Waals surface area contributed by atoms with Crippen LogP contribution < -0.4 is 0 Å². The second-order valence-corrected chi connectivity index (χ2v) is 6.36. The Hall–Kier alpha value is -0.970. The predicted molar refractivity (Wildman–Crippen MR) is 76.4 cm³/mol. The first kappa shape index (κ1) is 14.0. The maximum atomic E-state index is 11.0. The zero-order valence-electron chi connectivity index (χ0n) is 10.7. The van der Waals surface area contributed by atoms with E-state index in [1.54, 1.807) is 6.07 Å². The number of likely N-dealkylation sites (tertiary alicyclic amines) is 1. The molecule has 1 aliphatic carbocycles. The molecule has 108 valence electrons. The number of nitrogens with zero attached hydrogens (tertiary/aromatic N) is 1. The molecule has 1 unspecified atom stereocenters. The maximum Gasteiger partial charge on any atom is 0.407 e. The highest BCUT2D eigenvalue weighted by Gasteiger charge is 2.68. The van der Waals surface area contributed by atoms with Crippen LogP contribution in [-0.2, 0) is 5.41 Å². The molecular weight excluding hydrogens is 301 g/mol. The summed E-state index contributed by atoms with van der Waals surface area (Å²) in [5.74, 6) is 0.533. The molecule has 2 fully saturated rings. The molecule has 20 heavy (non-hydrogen) atoms. The largest absolute Gasteiger partial charge is 0.465 e. The lowest BCUT2D eigenvalue weighted by Gasteiger charge is -2.25. The molecule has 3 atom stereocenters. The van der Waals surface area contributed by atoms with Gasteiger partial charge in [0.15, 0.2) is 0 Å². The SMILES string of the molecule is O=C(O)N1C[C@@H]2[C@H](C1)C2(CCO)c1ccc(Cl)c(Cl)c1. The van der Waals surface area contributed by atoms with Crippen molar-refractivity contribution in [1.29, 1.82) is 0 Å². The normalized spacial score (nSPS) is 31.2. The minimum Gasteiger partial charge on any atom is -0.465 e. The Morgan fingerprint density at radius 2 is 1.95 bits per heavy atom. The van der Waals surface area contributed by atoms with Crippen LogP contribution in [0.5, 0.6) is 0 Å². The number of hydrogen-bond acceptors (Lipinski definition) is 2. The number of piperidine rings is 1. The van der Waals surface area contributed by atoms with Gasteiger partial charge < -0.3 is 15.1 Å². The van der Waals surface area contributed by atoms with E-state index in [2.05, 4.69) is 0 Å². The Balaban J connectivity index is 1.89. The molecule has 1 aromatic rings. The summed E-state index contributed by atoms with van der Waals surface area (Å²) in [4.78, 5) is 12.5. The molecule has 0 radical (unpaired) electrons. The van der Waals surface area contributed by atoms with Gasteiger partial charge >= 0.3 is 6.09 Å². The molecule has 3 rings (SSSR count). The molecule has 6 heteroatoms. The molecule has 1 saturated carbocycles. The smallest absolute Gasteiger partial charge is 0.407 e. The number of hydrogen-bond donors (Lipinski definition) is 2. The Morgan fingerprint density at radius 3 is 2.45 bits per heavy atom. The maximum absolute atomic E-state index is 11.0. The number of carboxylic acid groups (broad SMARTS) is 1. The van der Waals surface area contributed by atoms with Gasteiger partial charge in [-0.1, -0.05) is 29.3 Å². The molecule has 0 bridgehead atoms. The van der Waals surface area contributed by atoms with E-state index in [-0.39, 0.29) is 23.9 Å². The molecule has 1 heterocycles. The van der Waals surface area contributed by atoms with E-state index in [0.29, 0.717) is 29.6 Å². The third-order valence-electron chi connectivity index (χ3n) is 4.79. The van der Waals surface area contributed by atoms with Crippen molar-refractivity contribution >= 4 is 29.3 Å².